The summed E-state index contributed by atoms with van der Waals surface area (Å²) in [6.07, 6.45) is 2.41. The van der Waals surface area contributed by atoms with E-state index in [2.05, 4.69) is 52.8 Å². The summed E-state index contributed by atoms with van der Waals surface area (Å²) in [7, 11) is 0. The molecular weight excluding hydrogens is 180 g/mol. The molecule has 0 fully saturated rings. The smallest absolute Gasteiger partial charge is 0.0159 e. The Morgan fingerprint density at radius 3 is 2.33 bits per heavy atom. The van der Waals surface area contributed by atoms with E-state index in [1.54, 1.807) is 5.56 Å². The molecule has 1 aromatic carbocycles. The lowest BCUT2D eigenvalue weighted by atomic mass is 9.82. The second kappa shape index (κ2) is 5.34. The lowest BCUT2D eigenvalue weighted by Gasteiger charge is -2.23. The van der Waals surface area contributed by atoms with Crippen LogP contribution in [0.4, 0.5) is 0 Å². The van der Waals surface area contributed by atoms with Crippen LogP contribution in [0.15, 0.2) is 18.2 Å². The van der Waals surface area contributed by atoms with Gasteiger partial charge in [0.2, 0.25) is 0 Å². The maximum atomic E-state index is 2.37. The number of aryl methyl sites for hydroxylation is 2. The minimum absolute atomic E-state index is 0.686. The fourth-order valence-electron chi connectivity index (χ4n) is 2.34. The van der Waals surface area contributed by atoms with Gasteiger partial charge in [-0.1, -0.05) is 52.3 Å². The third-order valence-electron chi connectivity index (χ3n) is 3.75. The van der Waals surface area contributed by atoms with Crippen molar-refractivity contribution in [3.63, 3.8) is 0 Å². The predicted molar refractivity (Wildman–Crippen MR) is 68.4 cm³/mol. The van der Waals surface area contributed by atoms with Gasteiger partial charge in [0.1, 0.15) is 0 Å². The van der Waals surface area contributed by atoms with E-state index in [1.165, 1.54) is 17.5 Å². The standard InChI is InChI=1S/C15H24/c1-6-11(3)13(5)15-12(4)9-8-10-14(15)7-2/h8-11,13H,6-7H2,1-5H3. The molecule has 2 unspecified atom stereocenters. The first kappa shape index (κ1) is 12.3. The Kier molecular flexibility index (Phi) is 4.38. The van der Waals surface area contributed by atoms with E-state index < -0.39 is 0 Å². The molecule has 0 saturated heterocycles. The van der Waals surface area contributed by atoms with Gasteiger partial charge in [0.05, 0.1) is 0 Å². The highest BCUT2D eigenvalue weighted by atomic mass is 14.2. The second-order valence-corrected chi connectivity index (χ2v) is 4.68. The molecule has 15 heavy (non-hydrogen) atoms. The van der Waals surface area contributed by atoms with E-state index >= 15 is 0 Å². The summed E-state index contributed by atoms with van der Waals surface area (Å²) < 4.78 is 0. The molecule has 2 atom stereocenters. The maximum Gasteiger partial charge on any atom is -0.0159 e. The van der Waals surface area contributed by atoms with Crippen LogP contribution in [0.25, 0.3) is 0 Å². The molecule has 84 valence electrons. The van der Waals surface area contributed by atoms with Gasteiger partial charge in [0, 0.05) is 0 Å². The predicted octanol–water partition coefficient (Wildman–Crippen LogP) is 4.71. The molecule has 0 spiro atoms. The van der Waals surface area contributed by atoms with E-state index in [1.807, 2.05) is 0 Å². The molecule has 0 saturated carbocycles. The Morgan fingerprint density at radius 1 is 1.13 bits per heavy atom. The lowest BCUT2D eigenvalue weighted by Crippen LogP contribution is -2.09. The monoisotopic (exact) mass is 204 g/mol. The molecule has 0 bridgehead atoms. The van der Waals surface area contributed by atoms with E-state index in [0.717, 1.165) is 12.3 Å². The SMILES string of the molecule is CCc1cccc(C)c1C(C)C(C)CC. The molecule has 1 aromatic rings. The van der Waals surface area contributed by atoms with Crippen molar-refractivity contribution in [2.75, 3.05) is 0 Å². The molecule has 0 aliphatic heterocycles. The summed E-state index contributed by atoms with van der Waals surface area (Å²) >= 11 is 0. The van der Waals surface area contributed by atoms with Crippen LogP contribution in [0.1, 0.15) is 56.7 Å². The van der Waals surface area contributed by atoms with Crippen LogP contribution in [0.2, 0.25) is 0 Å². The largest absolute Gasteiger partial charge is 0.0651 e. The average molecular weight is 204 g/mol. The van der Waals surface area contributed by atoms with Crippen molar-refractivity contribution in [2.24, 2.45) is 5.92 Å². The molecule has 0 nitrogen and oxygen atoms in total. The van der Waals surface area contributed by atoms with E-state index in [-0.39, 0.29) is 0 Å². The van der Waals surface area contributed by atoms with Gasteiger partial charge in [-0.25, -0.2) is 0 Å². The zero-order valence-electron chi connectivity index (χ0n) is 10.8. The molecule has 0 aliphatic rings. The lowest BCUT2D eigenvalue weighted by molar-refractivity contribution is 0.469. The van der Waals surface area contributed by atoms with Crippen LogP contribution in [0.3, 0.4) is 0 Å². The van der Waals surface area contributed by atoms with Crippen LogP contribution < -0.4 is 0 Å². The van der Waals surface area contributed by atoms with Crippen molar-refractivity contribution in [1.82, 2.24) is 0 Å². The Morgan fingerprint density at radius 2 is 1.80 bits per heavy atom. The quantitative estimate of drug-likeness (QED) is 0.666. The van der Waals surface area contributed by atoms with Gasteiger partial charge in [-0.15, -0.1) is 0 Å². The Labute approximate surface area is 94.7 Å². The minimum Gasteiger partial charge on any atom is -0.0651 e. The van der Waals surface area contributed by atoms with Crippen LogP contribution in [-0.2, 0) is 6.42 Å². The molecule has 0 radical (unpaired) electrons. The highest BCUT2D eigenvalue weighted by Gasteiger charge is 2.17. The highest BCUT2D eigenvalue weighted by molar-refractivity contribution is 5.37. The molecule has 0 aromatic heterocycles. The van der Waals surface area contributed by atoms with Gasteiger partial charge in [0.25, 0.3) is 0 Å². The van der Waals surface area contributed by atoms with Gasteiger partial charge < -0.3 is 0 Å². The van der Waals surface area contributed by atoms with Crippen LogP contribution in [0.5, 0.6) is 0 Å². The van der Waals surface area contributed by atoms with Crippen molar-refractivity contribution in [1.29, 1.82) is 0 Å². The van der Waals surface area contributed by atoms with Gasteiger partial charge in [-0.2, -0.15) is 0 Å². The topological polar surface area (TPSA) is 0 Å². The average Bonchev–Trinajstić information content (AvgIpc) is 2.26. The van der Waals surface area contributed by atoms with E-state index in [4.69, 9.17) is 0 Å². The number of rotatable bonds is 4. The third-order valence-corrected chi connectivity index (χ3v) is 3.75. The summed E-state index contributed by atoms with van der Waals surface area (Å²) in [5, 5.41) is 0. The van der Waals surface area contributed by atoms with Crippen LogP contribution >= 0.6 is 0 Å². The molecule has 1 rings (SSSR count). The number of benzene rings is 1. The van der Waals surface area contributed by atoms with Crippen molar-refractivity contribution in [3.8, 4) is 0 Å². The fraction of sp³-hybridized carbons (Fsp3) is 0.600. The summed E-state index contributed by atoms with van der Waals surface area (Å²) in [5.41, 5.74) is 4.58. The maximum absolute atomic E-state index is 2.37. The summed E-state index contributed by atoms with van der Waals surface area (Å²) in [6.45, 7) is 11.5. The summed E-state index contributed by atoms with van der Waals surface area (Å²) in [6, 6.07) is 6.70. The van der Waals surface area contributed by atoms with Crippen molar-refractivity contribution in [2.45, 2.75) is 53.4 Å². The Balaban J connectivity index is 3.10. The summed E-state index contributed by atoms with van der Waals surface area (Å²) in [4.78, 5) is 0. The molecule has 0 N–H and O–H groups in total. The van der Waals surface area contributed by atoms with Crippen molar-refractivity contribution >= 4 is 0 Å². The zero-order valence-corrected chi connectivity index (χ0v) is 10.8. The van der Waals surface area contributed by atoms with Crippen LogP contribution in [-0.4, -0.2) is 0 Å². The third kappa shape index (κ3) is 2.62. The van der Waals surface area contributed by atoms with E-state index in [0.29, 0.717) is 5.92 Å². The molecule has 0 heteroatoms. The molecular formula is C15H24. The minimum atomic E-state index is 0.686. The zero-order chi connectivity index (χ0) is 11.4. The molecule has 0 heterocycles. The normalized spacial score (nSPS) is 15.0. The van der Waals surface area contributed by atoms with E-state index in [9.17, 15) is 0 Å². The van der Waals surface area contributed by atoms with Crippen molar-refractivity contribution < 1.29 is 0 Å². The van der Waals surface area contributed by atoms with Gasteiger partial charge in [-0.3, -0.25) is 0 Å². The fourth-order valence-corrected chi connectivity index (χ4v) is 2.34. The first-order valence-electron chi connectivity index (χ1n) is 6.20. The Hall–Kier alpha value is -0.780. The summed E-state index contributed by atoms with van der Waals surface area (Å²) in [5.74, 6) is 1.46. The first-order chi connectivity index (χ1) is 7.11. The molecule has 0 amide bonds. The Bertz CT molecular complexity index is 312. The van der Waals surface area contributed by atoms with Gasteiger partial charge in [-0.05, 0) is 41.9 Å². The van der Waals surface area contributed by atoms with Crippen molar-refractivity contribution in [3.05, 3.63) is 34.9 Å². The second-order valence-electron chi connectivity index (χ2n) is 4.68. The number of hydrogen-bond donors (Lipinski definition) is 0. The highest BCUT2D eigenvalue weighted by Crippen LogP contribution is 2.31. The first-order valence-corrected chi connectivity index (χ1v) is 6.20. The van der Waals surface area contributed by atoms with Crippen LogP contribution in [0, 0.1) is 12.8 Å². The van der Waals surface area contributed by atoms with Gasteiger partial charge >= 0.3 is 0 Å². The van der Waals surface area contributed by atoms with Gasteiger partial charge in [0.15, 0.2) is 0 Å². The number of hydrogen-bond acceptors (Lipinski definition) is 0. The molecule has 0 aliphatic carbocycles.